The van der Waals surface area contributed by atoms with Crippen LogP contribution in [0.25, 0.3) is 5.65 Å². The topological polar surface area (TPSA) is 91.2 Å². The summed E-state index contributed by atoms with van der Waals surface area (Å²) in [7, 11) is 0. The van der Waals surface area contributed by atoms with Crippen LogP contribution < -0.4 is 10.5 Å². The van der Waals surface area contributed by atoms with Gasteiger partial charge in [-0.2, -0.15) is 4.52 Å². The van der Waals surface area contributed by atoms with Crippen molar-refractivity contribution in [2.45, 2.75) is 31.2 Å². The fourth-order valence-electron chi connectivity index (χ4n) is 2.19. The van der Waals surface area contributed by atoms with E-state index >= 15 is 0 Å². The molecule has 1 fully saturated rings. The van der Waals surface area contributed by atoms with Crippen molar-refractivity contribution in [2.24, 2.45) is 5.73 Å². The third-order valence-electron chi connectivity index (χ3n) is 3.18. The normalized spacial score (nSPS) is 18.6. The van der Waals surface area contributed by atoms with Crippen LogP contribution in [0.1, 0.15) is 25.7 Å². The molecule has 7 nitrogen and oxygen atoms in total. The quantitative estimate of drug-likeness (QED) is 0.814. The number of nitrogens with two attached hydrogens (primary N) is 1. The predicted octanol–water partition coefficient (Wildman–Crippen LogP) is 0.170. The van der Waals surface area contributed by atoms with E-state index in [-0.39, 0.29) is 5.54 Å². The van der Waals surface area contributed by atoms with Crippen molar-refractivity contribution in [3.63, 3.8) is 0 Å². The van der Waals surface area contributed by atoms with Gasteiger partial charge in [0.2, 0.25) is 11.5 Å². The maximum atomic E-state index is 6.22. The number of rotatable bonds is 3. The monoisotopic (exact) mass is 234 g/mol. The molecule has 2 aromatic heterocycles. The number of hydrogen-bond donors (Lipinski definition) is 1. The molecule has 0 bridgehead atoms. The van der Waals surface area contributed by atoms with Crippen LogP contribution in [-0.4, -0.2) is 37.2 Å². The van der Waals surface area contributed by atoms with Gasteiger partial charge in [-0.05, 0) is 23.3 Å². The Morgan fingerprint density at radius 2 is 2.18 bits per heavy atom. The summed E-state index contributed by atoms with van der Waals surface area (Å²) in [6.45, 7) is 0.480. The molecule has 2 aromatic rings. The van der Waals surface area contributed by atoms with Gasteiger partial charge in [-0.25, -0.2) is 0 Å². The zero-order valence-electron chi connectivity index (χ0n) is 9.41. The van der Waals surface area contributed by atoms with Gasteiger partial charge < -0.3 is 10.5 Å². The van der Waals surface area contributed by atoms with Crippen molar-refractivity contribution >= 4 is 5.65 Å². The molecule has 17 heavy (non-hydrogen) atoms. The number of nitrogens with zero attached hydrogens (tertiary/aromatic N) is 5. The highest BCUT2D eigenvalue weighted by Crippen LogP contribution is 2.27. The molecule has 7 heteroatoms. The predicted molar refractivity (Wildman–Crippen MR) is 59.5 cm³/mol. The van der Waals surface area contributed by atoms with Crippen molar-refractivity contribution < 1.29 is 4.74 Å². The Bertz CT molecular complexity index is 518. The standard InChI is InChI=1S/C10H14N6O/c11-10(3-1-2-4-10)7-17-9-6-12-5-8-13-14-15-16(8)9/h5-6H,1-4,7,11H2. The second kappa shape index (κ2) is 3.92. The van der Waals surface area contributed by atoms with Crippen LogP contribution in [0.4, 0.5) is 0 Å². The van der Waals surface area contributed by atoms with Crippen LogP contribution in [0.5, 0.6) is 5.88 Å². The molecule has 0 spiro atoms. The van der Waals surface area contributed by atoms with E-state index in [1.54, 1.807) is 12.4 Å². The summed E-state index contributed by atoms with van der Waals surface area (Å²) in [5, 5.41) is 11.2. The van der Waals surface area contributed by atoms with Gasteiger partial charge in [0.15, 0.2) is 0 Å². The van der Waals surface area contributed by atoms with Crippen LogP contribution in [0.3, 0.4) is 0 Å². The zero-order valence-corrected chi connectivity index (χ0v) is 9.41. The molecule has 1 aliphatic rings. The maximum Gasteiger partial charge on any atom is 0.237 e. The third-order valence-corrected chi connectivity index (χ3v) is 3.18. The number of ether oxygens (including phenoxy) is 1. The molecule has 2 heterocycles. The Kier molecular flexibility index (Phi) is 2.40. The molecule has 0 unspecified atom stereocenters. The lowest BCUT2D eigenvalue weighted by molar-refractivity contribution is 0.208. The molecule has 0 radical (unpaired) electrons. The van der Waals surface area contributed by atoms with Gasteiger partial charge in [0.1, 0.15) is 6.61 Å². The van der Waals surface area contributed by atoms with E-state index in [1.165, 1.54) is 17.4 Å². The van der Waals surface area contributed by atoms with Crippen molar-refractivity contribution in [2.75, 3.05) is 6.61 Å². The summed E-state index contributed by atoms with van der Waals surface area (Å²) in [5.74, 6) is 0.532. The average Bonchev–Trinajstić information content (AvgIpc) is 2.95. The minimum absolute atomic E-state index is 0.212. The minimum Gasteiger partial charge on any atom is -0.475 e. The Labute approximate surface area is 98.0 Å². The van der Waals surface area contributed by atoms with Crippen molar-refractivity contribution in [3.8, 4) is 5.88 Å². The van der Waals surface area contributed by atoms with Gasteiger partial charge >= 0.3 is 0 Å². The fraction of sp³-hybridized carbons (Fsp3) is 0.600. The van der Waals surface area contributed by atoms with E-state index in [9.17, 15) is 0 Å². The van der Waals surface area contributed by atoms with Gasteiger partial charge in [-0.15, -0.1) is 5.10 Å². The molecule has 1 aliphatic carbocycles. The second-order valence-corrected chi connectivity index (χ2v) is 4.55. The third kappa shape index (κ3) is 1.93. The Hall–Kier alpha value is -1.76. The number of aromatic nitrogens is 5. The average molecular weight is 234 g/mol. The van der Waals surface area contributed by atoms with E-state index in [0.717, 1.165) is 12.8 Å². The smallest absolute Gasteiger partial charge is 0.237 e. The molecular formula is C10H14N6O. The van der Waals surface area contributed by atoms with Crippen LogP contribution in [0, 0.1) is 0 Å². The molecule has 2 N–H and O–H groups in total. The summed E-state index contributed by atoms with van der Waals surface area (Å²) in [4.78, 5) is 4.02. The van der Waals surface area contributed by atoms with Gasteiger partial charge in [0, 0.05) is 0 Å². The van der Waals surface area contributed by atoms with Gasteiger partial charge in [-0.3, -0.25) is 4.98 Å². The molecule has 0 aliphatic heterocycles. The van der Waals surface area contributed by atoms with Crippen molar-refractivity contribution in [3.05, 3.63) is 12.4 Å². The van der Waals surface area contributed by atoms with Crippen LogP contribution in [0.2, 0.25) is 0 Å². The van der Waals surface area contributed by atoms with Gasteiger partial charge in [0.25, 0.3) is 0 Å². The highest BCUT2D eigenvalue weighted by Gasteiger charge is 2.30. The van der Waals surface area contributed by atoms with Crippen molar-refractivity contribution in [1.29, 1.82) is 0 Å². The van der Waals surface area contributed by atoms with E-state index in [4.69, 9.17) is 10.5 Å². The highest BCUT2D eigenvalue weighted by atomic mass is 16.5. The molecular weight excluding hydrogens is 220 g/mol. The molecule has 0 aromatic carbocycles. The summed E-state index contributed by atoms with van der Waals surface area (Å²) in [6, 6.07) is 0. The largest absolute Gasteiger partial charge is 0.475 e. The van der Waals surface area contributed by atoms with Crippen LogP contribution >= 0.6 is 0 Å². The summed E-state index contributed by atoms with van der Waals surface area (Å²) in [6.07, 6.45) is 7.54. The van der Waals surface area contributed by atoms with Crippen molar-refractivity contribution in [1.82, 2.24) is 25.0 Å². The van der Waals surface area contributed by atoms with E-state index in [0.29, 0.717) is 18.1 Å². The first-order chi connectivity index (χ1) is 8.27. The molecule has 0 amide bonds. The zero-order chi connectivity index (χ0) is 11.7. The second-order valence-electron chi connectivity index (χ2n) is 4.55. The molecule has 1 saturated carbocycles. The van der Waals surface area contributed by atoms with E-state index in [2.05, 4.69) is 20.5 Å². The van der Waals surface area contributed by atoms with Crippen LogP contribution in [-0.2, 0) is 0 Å². The number of fused-ring (bicyclic) bond motifs is 1. The molecule has 0 saturated heterocycles. The lowest BCUT2D eigenvalue weighted by Crippen LogP contribution is -2.42. The summed E-state index contributed by atoms with van der Waals surface area (Å²) < 4.78 is 7.22. The maximum absolute atomic E-state index is 6.22. The van der Waals surface area contributed by atoms with Gasteiger partial charge in [-0.1, -0.05) is 12.8 Å². The number of hydrogen-bond acceptors (Lipinski definition) is 6. The summed E-state index contributed by atoms with van der Waals surface area (Å²) >= 11 is 0. The molecule has 90 valence electrons. The fourth-order valence-corrected chi connectivity index (χ4v) is 2.19. The molecule has 0 atom stereocenters. The first-order valence-corrected chi connectivity index (χ1v) is 5.71. The Morgan fingerprint density at radius 1 is 1.35 bits per heavy atom. The Morgan fingerprint density at radius 3 is 3.00 bits per heavy atom. The van der Waals surface area contributed by atoms with E-state index < -0.39 is 0 Å². The molecule has 3 rings (SSSR count). The first-order valence-electron chi connectivity index (χ1n) is 5.71. The minimum atomic E-state index is -0.212. The SMILES string of the molecule is NC1(COc2cncc3nnnn23)CCCC1. The van der Waals surface area contributed by atoms with Gasteiger partial charge in [0.05, 0.1) is 17.9 Å². The summed E-state index contributed by atoms with van der Waals surface area (Å²) in [5.41, 5.74) is 6.58. The Balaban J connectivity index is 1.78. The number of tetrazole rings is 1. The lowest BCUT2D eigenvalue weighted by atomic mass is 10.0. The highest BCUT2D eigenvalue weighted by molar-refractivity contribution is 5.34. The lowest BCUT2D eigenvalue weighted by Gasteiger charge is -2.23. The van der Waals surface area contributed by atoms with Crippen LogP contribution in [0.15, 0.2) is 12.4 Å². The van der Waals surface area contributed by atoms with E-state index in [1.807, 2.05) is 0 Å². The first kappa shape index (κ1) is 10.4.